The molecule has 0 fully saturated rings. The summed E-state index contributed by atoms with van der Waals surface area (Å²) in [5.74, 6) is 1.85. The zero-order chi connectivity index (χ0) is 16.7. The van der Waals surface area contributed by atoms with E-state index in [9.17, 15) is 13.2 Å². The molecule has 23 heavy (non-hydrogen) atoms. The van der Waals surface area contributed by atoms with E-state index in [2.05, 4.69) is 20.1 Å². The number of nitrogens with one attached hydrogen (secondary N) is 2. The average Bonchev–Trinajstić information content (AvgIpc) is 2.54. The van der Waals surface area contributed by atoms with Crippen molar-refractivity contribution < 1.29 is 17.4 Å². The Morgan fingerprint density at radius 2 is 1.70 bits per heavy atom. The van der Waals surface area contributed by atoms with E-state index in [1.54, 1.807) is 54.6 Å². The highest BCUT2D eigenvalue weighted by atomic mass is 32.2. The number of rotatable bonds is 6. The number of hydrogen-bond acceptors (Lipinski definition) is 4. The molecule has 1 amide bonds. The lowest BCUT2D eigenvalue weighted by Crippen LogP contribution is -2.24. The number of benzene rings is 2. The lowest BCUT2D eigenvalue weighted by atomic mass is 10.2. The zero-order valence-electron chi connectivity index (χ0n) is 12.0. The summed E-state index contributed by atoms with van der Waals surface area (Å²) >= 11 is 0. The van der Waals surface area contributed by atoms with Crippen LogP contribution in [0.1, 0.15) is 5.56 Å². The molecule has 0 spiro atoms. The molecule has 0 radical (unpaired) electrons. The maximum atomic E-state index is 11.7. The Hall–Kier alpha value is -2.82. The summed E-state index contributed by atoms with van der Waals surface area (Å²) in [7, 11) is -4.07. The van der Waals surface area contributed by atoms with Crippen LogP contribution >= 0.6 is 0 Å². The van der Waals surface area contributed by atoms with Crippen molar-refractivity contribution in [2.75, 3.05) is 16.6 Å². The Balaban J connectivity index is 1.86. The van der Waals surface area contributed by atoms with E-state index < -0.39 is 22.8 Å². The topological polar surface area (TPSA) is 84.5 Å². The first-order chi connectivity index (χ1) is 11.0. The molecule has 2 aromatic rings. The van der Waals surface area contributed by atoms with Gasteiger partial charge in [-0.2, -0.15) is 8.42 Å². The Kier molecular flexibility index (Phi) is 5.36. The van der Waals surface area contributed by atoms with Crippen LogP contribution in [0.5, 0.6) is 0 Å². The van der Waals surface area contributed by atoms with E-state index in [1.807, 2.05) is 0 Å². The first-order valence-electron chi connectivity index (χ1n) is 6.57. The fraction of sp³-hybridized carbons (Fsp3) is 0.0625. The summed E-state index contributed by atoms with van der Waals surface area (Å²) in [5, 5.41) is 2.50. The lowest BCUT2D eigenvalue weighted by Gasteiger charge is -2.08. The van der Waals surface area contributed by atoms with Crippen molar-refractivity contribution in [3.05, 3.63) is 60.2 Å². The summed E-state index contributed by atoms with van der Waals surface area (Å²) in [5.41, 5.74) is 1.51. The van der Waals surface area contributed by atoms with Gasteiger partial charge in [-0.05, 0) is 36.4 Å². The van der Waals surface area contributed by atoms with Gasteiger partial charge in [-0.1, -0.05) is 24.1 Å². The highest BCUT2D eigenvalue weighted by molar-refractivity contribution is 7.88. The molecule has 6 nitrogen and oxygen atoms in total. The molecule has 2 N–H and O–H groups in total. The van der Waals surface area contributed by atoms with E-state index in [0.717, 1.165) is 0 Å². The van der Waals surface area contributed by atoms with Crippen LogP contribution < -0.4 is 10.0 Å². The minimum atomic E-state index is -4.07. The number of hydrogen-bond donors (Lipinski definition) is 2. The summed E-state index contributed by atoms with van der Waals surface area (Å²) < 4.78 is 30.2. The number of carbonyl (C=O) groups is 1. The molecule has 118 valence electrons. The Bertz CT molecular complexity index is 809. The molecule has 0 atom stereocenters. The number of terminal acetylenes is 1. The monoisotopic (exact) mass is 330 g/mol. The molecule has 2 aromatic carbocycles. The molecule has 2 rings (SSSR count). The van der Waals surface area contributed by atoms with Crippen LogP contribution in [-0.4, -0.2) is 20.9 Å². The van der Waals surface area contributed by atoms with Crippen molar-refractivity contribution in [2.45, 2.75) is 0 Å². The maximum absolute atomic E-state index is 11.7. The molecule has 0 aliphatic carbocycles. The molecule has 7 heteroatoms. The third-order valence-electron chi connectivity index (χ3n) is 2.70. The average molecular weight is 330 g/mol. The van der Waals surface area contributed by atoms with Gasteiger partial charge in [0.2, 0.25) is 0 Å². The van der Waals surface area contributed by atoms with Gasteiger partial charge in [0.15, 0.2) is 0 Å². The van der Waals surface area contributed by atoms with Crippen LogP contribution in [0, 0.1) is 12.3 Å². The minimum absolute atomic E-state index is 0.345. The van der Waals surface area contributed by atoms with Gasteiger partial charge in [-0.25, -0.2) is 4.18 Å². The third kappa shape index (κ3) is 5.47. The Labute approximate surface area is 134 Å². The first-order valence-corrected chi connectivity index (χ1v) is 7.98. The van der Waals surface area contributed by atoms with Crippen LogP contribution in [0.2, 0.25) is 0 Å². The predicted molar refractivity (Wildman–Crippen MR) is 87.9 cm³/mol. The van der Waals surface area contributed by atoms with E-state index in [-0.39, 0.29) is 0 Å². The van der Waals surface area contributed by atoms with Crippen molar-refractivity contribution in [3.8, 4) is 12.3 Å². The minimum Gasteiger partial charge on any atom is -0.324 e. The maximum Gasteiger partial charge on any atom is 0.360 e. The second-order valence-corrected chi connectivity index (χ2v) is 5.80. The van der Waals surface area contributed by atoms with Gasteiger partial charge in [0.1, 0.15) is 6.61 Å². The number of para-hydroxylation sites is 1. The van der Waals surface area contributed by atoms with Crippen LogP contribution in [0.25, 0.3) is 0 Å². The summed E-state index contributed by atoms with van der Waals surface area (Å²) in [6.07, 6.45) is 5.23. The second-order valence-electron chi connectivity index (χ2n) is 4.45. The van der Waals surface area contributed by atoms with Gasteiger partial charge in [-0.3, -0.25) is 9.52 Å². The van der Waals surface area contributed by atoms with Gasteiger partial charge in [0, 0.05) is 11.3 Å². The highest BCUT2D eigenvalue weighted by Crippen LogP contribution is 2.10. The standard InChI is InChI=1S/C16H14N2O4S/c1-2-13-8-10-14(11-9-13)17-16(19)12-22-23(20,21)18-15-6-4-3-5-7-15/h1,3-11,18H,12H2,(H,17,19). The molecule has 0 unspecified atom stereocenters. The van der Waals surface area contributed by atoms with E-state index >= 15 is 0 Å². The van der Waals surface area contributed by atoms with Crippen LogP contribution in [-0.2, 0) is 19.3 Å². The number of amides is 1. The summed E-state index contributed by atoms with van der Waals surface area (Å²) in [6.45, 7) is -0.640. The van der Waals surface area contributed by atoms with E-state index in [1.165, 1.54) is 0 Å². The summed E-state index contributed by atoms with van der Waals surface area (Å²) in [6, 6.07) is 14.8. The number of anilines is 2. The van der Waals surface area contributed by atoms with E-state index in [4.69, 9.17) is 6.42 Å². The number of carbonyl (C=O) groups excluding carboxylic acids is 1. The fourth-order valence-corrected chi connectivity index (χ4v) is 2.40. The predicted octanol–water partition coefficient (Wildman–Crippen LogP) is 1.98. The molecule has 0 aliphatic rings. The van der Waals surface area contributed by atoms with Crippen molar-refractivity contribution in [3.63, 3.8) is 0 Å². The Morgan fingerprint density at radius 1 is 1.04 bits per heavy atom. The highest BCUT2D eigenvalue weighted by Gasteiger charge is 2.13. The normalized spacial score (nSPS) is 10.6. The molecule has 0 heterocycles. The molecule has 0 bridgehead atoms. The SMILES string of the molecule is C#Cc1ccc(NC(=O)COS(=O)(=O)Nc2ccccc2)cc1. The van der Waals surface area contributed by atoms with Crippen molar-refractivity contribution in [2.24, 2.45) is 0 Å². The molecular formula is C16H14N2O4S. The van der Waals surface area contributed by atoms with Crippen LogP contribution in [0.3, 0.4) is 0 Å². The van der Waals surface area contributed by atoms with Crippen LogP contribution in [0.4, 0.5) is 11.4 Å². The molecule has 0 saturated carbocycles. The van der Waals surface area contributed by atoms with Gasteiger partial charge in [0.25, 0.3) is 5.91 Å². The zero-order valence-corrected chi connectivity index (χ0v) is 12.8. The third-order valence-corrected chi connectivity index (χ3v) is 3.61. The quantitative estimate of drug-likeness (QED) is 0.793. The van der Waals surface area contributed by atoms with Crippen molar-refractivity contribution >= 4 is 27.6 Å². The molecular weight excluding hydrogens is 316 g/mol. The fourth-order valence-electron chi connectivity index (χ4n) is 1.66. The van der Waals surface area contributed by atoms with Crippen LogP contribution in [0.15, 0.2) is 54.6 Å². The second kappa shape index (κ2) is 7.45. The molecule has 0 saturated heterocycles. The van der Waals surface area contributed by atoms with Gasteiger partial charge < -0.3 is 5.32 Å². The van der Waals surface area contributed by atoms with Gasteiger partial charge in [-0.15, -0.1) is 6.42 Å². The van der Waals surface area contributed by atoms with Gasteiger partial charge in [0.05, 0.1) is 5.69 Å². The largest absolute Gasteiger partial charge is 0.360 e. The first kappa shape index (κ1) is 16.5. The van der Waals surface area contributed by atoms with Gasteiger partial charge >= 0.3 is 10.3 Å². The van der Waals surface area contributed by atoms with Crippen molar-refractivity contribution in [1.82, 2.24) is 0 Å². The Morgan fingerprint density at radius 3 is 2.30 bits per heavy atom. The molecule has 0 aromatic heterocycles. The smallest absolute Gasteiger partial charge is 0.324 e. The molecule has 0 aliphatic heterocycles. The summed E-state index contributed by atoms with van der Waals surface area (Å²) in [4.78, 5) is 11.7. The lowest BCUT2D eigenvalue weighted by molar-refractivity contribution is -0.118. The van der Waals surface area contributed by atoms with E-state index in [0.29, 0.717) is 16.9 Å². The van der Waals surface area contributed by atoms with Crippen molar-refractivity contribution in [1.29, 1.82) is 0 Å².